The molecule has 3 heteroatoms. The predicted octanol–water partition coefficient (Wildman–Crippen LogP) is 0.677. The third-order valence-corrected chi connectivity index (χ3v) is 1.79. The molecule has 2 heterocycles. The van der Waals surface area contributed by atoms with E-state index in [1.807, 2.05) is 12.4 Å². The zero-order valence-electron chi connectivity index (χ0n) is 6.27. The second kappa shape index (κ2) is 2.88. The molecule has 0 saturated carbocycles. The Morgan fingerprint density at radius 1 is 1.45 bits per heavy atom. The molecule has 0 bridgehead atoms. The lowest BCUT2D eigenvalue weighted by atomic mass is 10.3. The lowest BCUT2D eigenvalue weighted by molar-refractivity contribution is 0.224. The molecule has 0 spiro atoms. The third-order valence-electron chi connectivity index (χ3n) is 1.79. The van der Waals surface area contributed by atoms with Crippen LogP contribution in [0.15, 0.2) is 29.4 Å². The third kappa shape index (κ3) is 1.33. The number of hydrogen-bond acceptors (Lipinski definition) is 3. The minimum atomic E-state index is 0.193. The highest BCUT2D eigenvalue weighted by Gasteiger charge is 2.14. The molecule has 0 radical (unpaired) electrons. The largest absolute Gasteiger partial charge is 0.324 e. The van der Waals surface area contributed by atoms with Crippen molar-refractivity contribution < 1.29 is 0 Å². The van der Waals surface area contributed by atoms with E-state index in [4.69, 9.17) is 0 Å². The Labute approximate surface area is 66.1 Å². The van der Waals surface area contributed by atoms with Crippen LogP contribution in [-0.4, -0.2) is 23.9 Å². The van der Waals surface area contributed by atoms with E-state index >= 15 is 0 Å². The van der Waals surface area contributed by atoms with Crippen LogP contribution in [0.2, 0.25) is 0 Å². The van der Waals surface area contributed by atoms with Crippen molar-refractivity contribution in [1.82, 2.24) is 10.4 Å². The van der Waals surface area contributed by atoms with Crippen molar-refractivity contribution in [2.75, 3.05) is 6.54 Å². The minimum Gasteiger partial charge on any atom is -0.324 e. The van der Waals surface area contributed by atoms with Gasteiger partial charge >= 0.3 is 0 Å². The maximum absolute atomic E-state index is 4.32. The first kappa shape index (κ1) is 6.61. The molecule has 0 amide bonds. The van der Waals surface area contributed by atoms with E-state index in [1.54, 1.807) is 0 Å². The maximum atomic E-state index is 4.32. The quantitative estimate of drug-likeness (QED) is 0.555. The standard InChI is InChI=1S/C8H11N3/c1-2-5-9-8(4-1)11-7-3-6-10-11/h1,3-6,8,10H,2,7H2. The van der Waals surface area contributed by atoms with Gasteiger partial charge in [-0.15, -0.1) is 0 Å². The number of nitrogens with one attached hydrogen (secondary N) is 1. The number of dihydropyridines is 1. The second-order valence-electron chi connectivity index (χ2n) is 2.59. The van der Waals surface area contributed by atoms with Gasteiger partial charge in [0, 0.05) is 25.4 Å². The van der Waals surface area contributed by atoms with Crippen LogP contribution in [0.1, 0.15) is 6.42 Å². The summed E-state index contributed by atoms with van der Waals surface area (Å²) < 4.78 is 0. The van der Waals surface area contributed by atoms with Crippen LogP contribution in [-0.2, 0) is 0 Å². The molecule has 0 fully saturated rings. The molecule has 0 aromatic rings. The highest BCUT2D eigenvalue weighted by Crippen LogP contribution is 2.07. The number of nitrogens with zero attached hydrogens (tertiary/aromatic N) is 2. The number of rotatable bonds is 1. The molecule has 1 unspecified atom stereocenters. The summed E-state index contributed by atoms with van der Waals surface area (Å²) in [5.41, 5.74) is 3.11. The Morgan fingerprint density at radius 2 is 2.45 bits per heavy atom. The summed E-state index contributed by atoms with van der Waals surface area (Å²) >= 11 is 0. The van der Waals surface area contributed by atoms with Crippen LogP contribution in [0, 0.1) is 0 Å². The molecule has 0 aliphatic carbocycles. The Bertz CT molecular complexity index is 197. The van der Waals surface area contributed by atoms with E-state index in [9.17, 15) is 0 Å². The number of hydrazine groups is 1. The van der Waals surface area contributed by atoms with Gasteiger partial charge in [0.15, 0.2) is 0 Å². The number of hydrogen-bond donors (Lipinski definition) is 1. The SMILES string of the molecule is C1=CC(N2CC=CN2)N=CC1. The van der Waals surface area contributed by atoms with Gasteiger partial charge in [-0.05, 0) is 6.08 Å². The molecule has 2 aliphatic heterocycles. The van der Waals surface area contributed by atoms with Crippen molar-refractivity contribution in [1.29, 1.82) is 0 Å². The molecule has 1 N–H and O–H groups in total. The fraction of sp³-hybridized carbons (Fsp3) is 0.375. The van der Waals surface area contributed by atoms with Crippen molar-refractivity contribution in [3.8, 4) is 0 Å². The average Bonchev–Trinajstić information content (AvgIpc) is 2.58. The molecule has 3 nitrogen and oxygen atoms in total. The minimum absolute atomic E-state index is 0.193. The number of aliphatic imine (C=N–C) groups is 1. The van der Waals surface area contributed by atoms with Gasteiger partial charge in [-0.25, -0.2) is 0 Å². The molecule has 58 valence electrons. The van der Waals surface area contributed by atoms with Crippen LogP contribution in [0.5, 0.6) is 0 Å². The summed E-state index contributed by atoms with van der Waals surface area (Å²) in [5.74, 6) is 0. The van der Waals surface area contributed by atoms with Crippen LogP contribution < -0.4 is 5.43 Å². The predicted molar refractivity (Wildman–Crippen MR) is 45.0 cm³/mol. The van der Waals surface area contributed by atoms with E-state index < -0.39 is 0 Å². The summed E-state index contributed by atoms with van der Waals surface area (Å²) in [6, 6.07) is 0. The summed E-state index contributed by atoms with van der Waals surface area (Å²) in [4.78, 5) is 4.32. The van der Waals surface area contributed by atoms with Gasteiger partial charge in [-0.3, -0.25) is 4.99 Å². The fourth-order valence-corrected chi connectivity index (χ4v) is 1.22. The molecule has 0 aromatic heterocycles. The van der Waals surface area contributed by atoms with Crippen LogP contribution in [0.25, 0.3) is 0 Å². The topological polar surface area (TPSA) is 27.6 Å². The van der Waals surface area contributed by atoms with Crippen molar-refractivity contribution in [3.05, 3.63) is 24.4 Å². The van der Waals surface area contributed by atoms with E-state index in [2.05, 4.69) is 33.7 Å². The molecular weight excluding hydrogens is 138 g/mol. The molecular formula is C8H11N3. The van der Waals surface area contributed by atoms with Crippen LogP contribution >= 0.6 is 0 Å². The first-order valence-corrected chi connectivity index (χ1v) is 3.83. The Kier molecular flexibility index (Phi) is 1.73. The van der Waals surface area contributed by atoms with Gasteiger partial charge in [-0.2, -0.15) is 5.01 Å². The molecule has 0 saturated heterocycles. The molecule has 2 aliphatic rings. The fourth-order valence-electron chi connectivity index (χ4n) is 1.22. The molecule has 2 rings (SSSR count). The normalized spacial score (nSPS) is 29.3. The monoisotopic (exact) mass is 149 g/mol. The van der Waals surface area contributed by atoms with Crippen LogP contribution in [0.3, 0.4) is 0 Å². The Morgan fingerprint density at radius 3 is 3.09 bits per heavy atom. The van der Waals surface area contributed by atoms with Crippen molar-refractivity contribution >= 4 is 6.21 Å². The van der Waals surface area contributed by atoms with Crippen molar-refractivity contribution in [2.24, 2.45) is 4.99 Å². The average molecular weight is 149 g/mol. The maximum Gasteiger partial charge on any atom is 0.137 e. The van der Waals surface area contributed by atoms with Crippen LogP contribution in [0.4, 0.5) is 0 Å². The van der Waals surface area contributed by atoms with Gasteiger partial charge in [0.05, 0.1) is 0 Å². The van der Waals surface area contributed by atoms with Gasteiger partial charge in [0.1, 0.15) is 6.17 Å². The van der Waals surface area contributed by atoms with Gasteiger partial charge in [-0.1, -0.05) is 12.2 Å². The highest BCUT2D eigenvalue weighted by atomic mass is 15.5. The Balaban J connectivity index is 1.98. The van der Waals surface area contributed by atoms with Gasteiger partial charge in [0.25, 0.3) is 0 Å². The highest BCUT2D eigenvalue weighted by molar-refractivity contribution is 5.61. The van der Waals surface area contributed by atoms with Gasteiger partial charge < -0.3 is 5.43 Å². The molecule has 0 aromatic carbocycles. The van der Waals surface area contributed by atoms with Crippen molar-refractivity contribution in [3.63, 3.8) is 0 Å². The molecule has 11 heavy (non-hydrogen) atoms. The van der Waals surface area contributed by atoms with E-state index in [0.29, 0.717) is 0 Å². The first-order chi connectivity index (χ1) is 5.47. The first-order valence-electron chi connectivity index (χ1n) is 3.83. The van der Waals surface area contributed by atoms with Crippen molar-refractivity contribution in [2.45, 2.75) is 12.6 Å². The summed E-state index contributed by atoms with van der Waals surface area (Å²) in [7, 11) is 0. The summed E-state index contributed by atoms with van der Waals surface area (Å²) in [5, 5.41) is 2.08. The zero-order chi connectivity index (χ0) is 7.52. The smallest absolute Gasteiger partial charge is 0.137 e. The lowest BCUT2D eigenvalue weighted by Crippen LogP contribution is -2.38. The molecule has 1 atom stereocenters. The summed E-state index contributed by atoms with van der Waals surface area (Å²) in [6.45, 7) is 0.937. The number of allylic oxidation sites excluding steroid dienone is 1. The van der Waals surface area contributed by atoms with E-state index in [0.717, 1.165) is 13.0 Å². The van der Waals surface area contributed by atoms with Gasteiger partial charge in [0.2, 0.25) is 0 Å². The zero-order valence-corrected chi connectivity index (χ0v) is 6.27. The van der Waals surface area contributed by atoms with E-state index in [-0.39, 0.29) is 6.17 Å². The Hall–Kier alpha value is -1.09. The van der Waals surface area contributed by atoms with E-state index in [1.165, 1.54) is 0 Å². The second-order valence-corrected chi connectivity index (χ2v) is 2.59. The summed E-state index contributed by atoms with van der Waals surface area (Å²) in [6.07, 6.45) is 11.4. The lowest BCUT2D eigenvalue weighted by Gasteiger charge is -2.22.